The number of urea groups is 1. The van der Waals surface area contributed by atoms with Crippen LogP contribution in [0, 0.1) is 11.8 Å². The highest BCUT2D eigenvalue weighted by atomic mass is 16.4. The molecule has 2 amide bonds. The number of carboxylic acids is 1. The van der Waals surface area contributed by atoms with Gasteiger partial charge in [-0.25, -0.2) is 4.79 Å². The molecule has 114 valence electrons. The van der Waals surface area contributed by atoms with Gasteiger partial charge in [0.25, 0.3) is 0 Å². The first kappa shape index (κ1) is 15.1. The molecular weight excluding hydrogens is 256 g/mol. The summed E-state index contributed by atoms with van der Waals surface area (Å²) in [4.78, 5) is 24.7. The second-order valence-corrected chi connectivity index (χ2v) is 6.39. The highest BCUT2D eigenvalue weighted by Crippen LogP contribution is 2.30. The van der Waals surface area contributed by atoms with Crippen LogP contribution < -0.4 is 5.32 Å². The molecule has 2 aliphatic rings. The van der Waals surface area contributed by atoms with Gasteiger partial charge in [0, 0.05) is 12.6 Å². The minimum atomic E-state index is -0.935. The molecule has 20 heavy (non-hydrogen) atoms. The maximum absolute atomic E-state index is 12.3. The van der Waals surface area contributed by atoms with Gasteiger partial charge in [-0.3, -0.25) is 4.79 Å². The molecule has 2 N–H and O–H groups in total. The number of aliphatic carboxylic acids is 1. The molecule has 0 aliphatic heterocycles. The number of nitrogens with one attached hydrogen (secondary N) is 1. The Hall–Kier alpha value is -1.26. The third kappa shape index (κ3) is 4.69. The van der Waals surface area contributed by atoms with Gasteiger partial charge in [-0.2, -0.15) is 0 Å². The van der Waals surface area contributed by atoms with Gasteiger partial charge in [0.1, 0.15) is 6.54 Å². The largest absolute Gasteiger partial charge is 0.480 e. The van der Waals surface area contributed by atoms with Crippen LogP contribution in [-0.4, -0.2) is 41.1 Å². The quantitative estimate of drug-likeness (QED) is 0.761. The van der Waals surface area contributed by atoms with E-state index in [-0.39, 0.29) is 18.6 Å². The second kappa shape index (κ2) is 6.95. The summed E-state index contributed by atoms with van der Waals surface area (Å²) >= 11 is 0. The molecule has 0 spiro atoms. The second-order valence-electron chi connectivity index (χ2n) is 6.39. The molecule has 2 aliphatic carbocycles. The van der Waals surface area contributed by atoms with Gasteiger partial charge in [0.2, 0.25) is 0 Å². The van der Waals surface area contributed by atoms with Gasteiger partial charge in [0.05, 0.1) is 0 Å². The number of carboxylic acid groups (broad SMARTS) is 1. The van der Waals surface area contributed by atoms with Gasteiger partial charge in [-0.15, -0.1) is 0 Å². The summed E-state index contributed by atoms with van der Waals surface area (Å²) in [6, 6.07) is -0.00134. The SMILES string of the molecule is CC1CCCCCC1NC(=O)N(CC(=O)O)CC1CC1. The van der Waals surface area contributed by atoms with Crippen LogP contribution in [0.3, 0.4) is 0 Å². The summed E-state index contributed by atoms with van der Waals surface area (Å²) in [7, 11) is 0. The number of carbonyl (C=O) groups excluding carboxylic acids is 1. The Labute approximate surface area is 120 Å². The number of rotatable bonds is 5. The number of hydrogen-bond acceptors (Lipinski definition) is 2. The highest BCUT2D eigenvalue weighted by Gasteiger charge is 2.30. The zero-order valence-corrected chi connectivity index (χ0v) is 12.3. The van der Waals surface area contributed by atoms with Gasteiger partial charge in [-0.1, -0.05) is 26.2 Å². The lowest BCUT2D eigenvalue weighted by atomic mass is 9.97. The summed E-state index contributed by atoms with van der Waals surface area (Å²) in [6.45, 7) is 2.57. The standard InChI is InChI=1S/C15H26N2O3/c1-11-5-3-2-4-6-13(11)16-15(20)17(10-14(18)19)9-12-7-8-12/h11-13H,2-10H2,1H3,(H,16,20)(H,18,19). The van der Waals surface area contributed by atoms with Crippen LogP contribution in [0.25, 0.3) is 0 Å². The zero-order chi connectivity index (χ0) is 14.5. The van der Waals surface area contributed by atoms with E-state index in [4.69, 9.17) is 5.11 Å². The fourth-order valence-electron chi connectivity index (χ4n) is 2.95. The van der Waals surface area contributed by atoms with Crippen molar-refractivity contribution in [3.05, 3.63) is 0 Å². The van der Waals surface area contributed by atoms with E-state index in [0.29, 0.717) is 18.4 Å². The molecule has 5 heteroatoms. The van der Waals surface area contributed by atoms with Gasteiger partial charge in [-0.05, 0) is 37.5 Å². The smallest absolute Gasteiger partial charge is 0.323 e. The van der Waals surface area contributed by atoms with E-state index in [1.165, 1.54) is 17.7 Å². The van der Waals surface area contributed by atoms with Crippen molar-refractivity contribution in [2.24, 2.45) is 11.8 Å². The monoisotopic (exact) mass is 282 g/mol. The average molecular weight is 282 g/mol. The molecule has 2 atom stereocenters. The number of nitrogens with zero attached hydrogens (tertiary/aromatic N) is 1. The Morgan fingerprint density at radius 2 is 1.85 bits per heavy atom. The lowest BCUT2D eigenvalue weighted by molar-refractivity contribution is -0.137. The van der Waals surface area contributed by atoms with Crippen molar-refractivity contribution in [1.82, 2.24) is 10.2 Å². The third-order valence-electron chi connectivity index (χ3n) is 4.46. The summed E-state index contributed by atoms with van der Waals surface area (Å²) < 4.78 is 0. The summed E-state index contributed by atoms with van der Waals surface area (Å²) in [6.07, 6.45) is 8.00. The van der Waals surface area contributed by atoms with Crippen molar-refractivity contribution in [3.8, 4) is 0 Å². The molecule has 0 radical (unpaired) electrons. The van der Waals surface area contributed by atoms with Crippen molar-refractivity contribution in [1.29, 1.82) is 0 Å². The third-order valence-corrected chi connectivity index (χ3v) is 4.46. The first-order chi connectivity index (χ1) is 9.56. The Morgan fingerprint density at radius 1 is 1.15 bits per heavy atom. The van der Waals surface area contributed by atoms with Crippen LogP contribution >= 0.6 is 0 Å². The number of hydrogen-bond donors (Lipinski definition) is 2. The minimum Gasteiger partial charge on any atom is -0.480 e. The molecule has 2 unspecified atom stereocenters. The van der Waals surface area contributed by atoms with E-state index < -0.39 is 5.97 Å². The number of amides is 2. The fourth-order valence-corrected chi connectivity index (χ4v) is 2.95. The Morgan fingerprint density at radius 3 is 2.50 bits per heavy atom. The lowest BCUT2D eigenvalue weighted by Crippen LogP contribution is -2.49. The highest BCUT2D eigenvalue weighted by molar-refractivity contribution is 5.80. The van der Waals surface area contributed by atoms with Crippen LogP contribution in [0.5, 0.6) is 0 Å². The van der Waals surface area contributed by atoms with Crippen molar-refractivity contribution in [2.45, 2.75) is 57.9 Å². The molecular formula is C15H26N2O3. The molecule has 0 saturated heterocycles. The van der Waals surface area contributed by atoms with E-state index in [9.17, 15) is 9.59 Å². The molecule has 0 aromatic rings. The lowest BCUT2D eigenvalue weighted by Gasteiger charge is -2.27. The topological polar surface area (TPSA) is 69.6 Å². The Bertz CT molecular complexity index is 355. The van der Waals surface area contributed by atoms with Crippen molar-refractivity contribution in [3.63, 3.8) is 0 Å². The van der Waals surface area contributed by atoms with Gasteiger partial charge in [0.15, 0.2) is 0 Å². The summed E-state index contributed by atoms with van der Waals surface area (Å²) in [5, 5.41) is 12.0. The number of carbonyl (C=O) groups is 2. The molecule has 0 bridgehead atoms. The molecule has 2 rings (SSSR count). The van der Waals surface area contributed by atoms with Gasteiger partial charge >= 0.3 is 12.0 Å². The molecule has 0 aromatic carbocycles. The van der Waals surface area contributed by atoms with Crippen LogP contribution in [0.4, 0.5) is 4.79 Å². The molecule has 2 saturated carbocycles. The fraction of sp³-hybridized carbons (Fsp3) is 0.867. The average Bonchev–Trinajstić information content (AvgIpc) is 3.19. The molecule has 2 fully saturated rings. The molecule has 0 aromatic heterocycles. The van der Waals surface area contributed by atoms with Crippen LogP contribution in [0.2, 0.25) is 0 Å². The van der Waals surface area contributed by atoms with Crippen LogP contribution in [0.1, 0.15) is 51.9 Å². The van der Waals surface area contributed by atoms with Gasteiger partial charge < -0.3 is 15.3 Å². The first-order valence-electron chi connectivity index (χ1n) is 7.83. The predicted octanol–water partition coefficient (Wildman–Crippen LogP) is 2.46. The molecule has 0 heterocycles. The van der Waals surface area contributed by atoms with E-state index in [0.717, 1.165) is 32.1 Å². The summed E-state index contributed by atoms with van der Waals surface area (Å²) in [5.41, 5.74) is 0. The van der Waals surface area contributed by atoms with Crippen molar-refractivity contribution in [2.75, 3.05) is 13.1 Å². The van der Waals surface area contributed by atoms with Crippen LogP contribution in [0.15, 0.2) is 0 Å². The molecule has 5 nitrogen and oxygen atoms in total. The minimum absolute atomic E-state index is 0.191. The van der Waals surface area contributed by atoms with Crippen LogP contribution in [-0.2, 0) is 4.79 Å². The van der Waals surface area contributed by atoms with Crippen molar-refractivity contribution < 1.29 is 14.7 Å². The Kier molecular flexibility index (Phi) is 5.26. The van der Waals surface area contributed by atoms with E-state index in [1.807, 2.05) is 0 Å². The predicted molar refractivity (Wildman–Crippen MR) is 76.5 cm³/mol. The maximum Gasteiger partial charge on any atom is 0.323 e. The van der Waals surface area contributed by atoms with E-state index in [2.05, 4.69) is 12.2 Å². The maximum atomic E-state index is 12.3. The van der Waals surface area contributed by atoms with E-state index >= 15 is 0 Å². The Balaban J connectivity index is 1.89. The van der Waals surface area contributed by atoms with E-state index in [1.54, 1.807) is 0 Å². The van der Waals surface area contributed by atoms with Crippen molar-refractivity contribution >= 4 is 12.0 Å². The zero-order valence-electron chi connectivity index (χ0n) is 12.3. The normalized spacial score (nSPS) is 26.6. The summed E-state index contributed by atoms with van der Waals surface area (Å²) in [5.74, 6) is 0.0513. The first-order valence-corrected chi connectivity index (χ1v) is 7.83.